The number of aromatic nitrogens is 2. The topological polar surface area (TPSA) is 61.8 Å². The van der Waals surface area contributed by atoms with Crippen molar-refractivity contribution in [1.29, 1.82) is 0 Å². The SMILES string of the molecule is C=CC(=O)N1CCN(c2nc(OC)nc3c2CN(Cc2cccc(C)c2C)C3)CC1. The molecule has 7 heteroatoms. The molecule has 2 aliphatic heterocycles. The van der Waals surface area contributed by atoms with Crippen molar-refractivity contribution < 1.29 is 9.53 Å². The number of carbonyl (C=O) groups is 1. The lowest BCUT2D eigenvalue weighted by molar-refractivity contribution is -0.126. The highest BCUT2D eigenvalue weighted by atomic mass is 16.5. The van der Waals surface area contributed by atoms with Crippen LogP contribution in [0.5, 0.6) is 6.01 Å². The standard InChI is InChI=1S/C23H29N5O2/c1-5-21(29)27-9-11-28(12-10-27)22-19-14-26(15-20(19)24-23(25-22)30-4)13-18-8-6-7-16(2)17(18)3/h5-8H,1,9-15H2,2-4H3. The summed E-state index contributed by atoms with van der Waals surface area (Å²) in [5, 5.41) is 0. The molecule has 0 unspecified atom stereocenters. The summed E-state index contributed by atoms with van der Waals surface area (Å²) < 4.78 is 5.39. The minimum absolute atomic E-state index is 0.0140. The molecule has 4 rings (SSSR count). The summed E-state index contributed by atoms with van der Waals surface area (Å²) in [5.41, 5.74) is 6.22. The number of piperazine rings is 1. The van der Waals surface area contributed by atoms with Gasteiger partial charge in [-0.2, -0.15) is 9.97 Å². The molecule has 0 bridgehead atoms. The number of methoxy groups -OCH3 is 1. The van der Waals surface area contributed by atoms with Crippen LogP contribution in [0.15, 0.2) is 30.9 Å². The van der Waals surface area contributed by atoms with Gasteiger partial charge in [0, 0.05) is 51.4 Å². The maximum absolute atomic E-state index is 11.9. The van der Waals surface area contributed by atoms with Gasteiger partial charge in [0.2, 0.25) is 5.91 Å². The van der Waals surface area contributed by atoms with Gasteiger partial charge in [-0.05, 0) is 36.6 Å². The summed E-state index contributed by atoms with van der Waals surface area (Å²) in [5.74, 6) is 0.922. The first-order valence-electron chi connectivity index (χ1n) is 10.4. The number of amides is 1. The lowest BCUT2D eigenvalue weighted by Crippen LogP contribution is -2.48. The number of nitrogens with zero attached hydrogens (tertiary/aromatic N) is 5. The van der Waals surface area contributed by atoms with Gasteiger partial charge >= 0.3 is 6.01 Å². The highest BCUT2D eigenvalue weighted by molar-refractivity contribution is 5.87. The van der Waals surface area contributed by atoms with E-state index in [4.69, 9.17) is 9.72 Å². The van der Waals surface area contributed by atoms with Gasteiger partial charge in [0.25, 0.3) is 0 Å². The smallest absolute Gasteiger partial charge is 0.318 e. The predicted molar refractivity (Wildman–Crippen MR) is 116 cm³/mol. The molecule has 158 valence electrons. The van der Waals surface area contributed by atoms with Gasteiger partial charge in [-0.1, -0.05) is 24.8 Å². The second kappa shape index (κ2) is 8.44. The van der Waals surface area contributed by atoms with E-state index in [0.717, 1.165) is 44.2 Å². The van der Waals surface area contributed by atoms with Crippen molar-refractivity contribution in [1.82, 2.24) is 19.8 Å². The first-order chi connectivity index (χ1) is 14.5. The van der Waals surface area contributed by atoms with Gasteiger partial charge in [-0.15, -0.1) is 0 Å². The molecule has 3 heterocycles. The molecule has 1 fully saturated rings. The maximum atomic E-state index is 11.9. The van der Waals surface area contributed by atoms with Gasteiger partial charge in [0.1, 0.15) is 5.82 Å². The van der Waals surface area contributed by atoms with E-state index in [1.807, 2.05) is 4.90 Å². The van der Waals surface area contributed by atoms with E-state index in [0.29, 0.717) is 19.1 Å². The van der Waals surface area contributed by atoms with Crippen molar-refractivity contribution in [2.24, 2.45) is 0 Å². The molecule has 0 aliphatic carbocycles. The summed E-state index contributed by atoms with van der Waals surface area (Å²) in [6.45, 7) is 13.2. The molecule has 1 aromatic heterocycles. The van der Waals surface area contributed by atoms with Crippen LogP contribution in [-0.4, -0.2) is 59.0 Å². The Bertz CT molecular complexity index is 966. The van der Waals surface area contributed by atoms with Crippen LogP contribution in [0, 0.1) is 13.8 Å². The molecule has 0 N–H and O–H groups in total. The Morgan fingerprint density at radius 1 is 1.17 bits per heavy atom. The largest absolute Gasteiger partial charge is 0.467 e. The fraction of sp³-hybridized carbons (Fsp3) is 0.435. The first kappa shape index (κ1) is 20.3. The number of rotatable bonds is 5. The Labute approximate surface area is 178 Å². The third kappa shape index (κ3) is 3.89. The Kier molecular flexibility index (Phi) is 5.72. The molecular formula is C23H29N5O2. The van der Waals surface area contributed by atoms with Crippen LogP contribution in [0.1, 0.15) is 27.9 Å². The third-order valence-corrected chi connectivity index (χ3v) is 6.16. The number of hydrogen-bond donors (Lipinski definition) is 0. The number of aryl methyl sites for hydroxylation is 1. The van der Waals surface area contributed by atoms with Gasteiger partial charge in [-0.25, -0.2) is 0 Å². The average Bonchev–Trinajstić information content (AvgIpc) is 3.18. The van der Waals surface area contributed by atoms with Crippen LogP contribution in [0.4, 0.5) is 5.82 Å². The monoisotopic (exact) mass is 407 g/mol. The zero-order valence-corrected chi connectivity index (χ0v) is 18.0. The summed E-state index contributed by atoms with van der Waals surface area (Å²) in [4.78, 5) is 27.7. The number of fused-ring (bicyclic) bond motifs is 1. The van der Waals surface area contributed by atoms with Crippen molar-refractivity contribution in [3.05, 3.63) is 58.8 Å². The molecule has 2 aromatic rings. The van der Waals surface area contributed by atoms with Crippen molar-refractivity contribution in [3.63, 3.8) is 0 Å². The Morgan fingerprint density at radius 3 is 2.63 bits per heavy atom. The molecule has 0 radical (unpaired) electrons. The minimum Gasteiger partial charge on any atom is -0.467 e. The van der Waals surface area contributed by atoms with Crippen LogP contribution in [0.2, 0.25) is 0 Å². The lowest BCUT2D eigenvalue weighted by Gasteiger charge is -2.35. The lowest BCUT2D eigenvalue weighted by atomic mass is 10.0. The Balaban J connectivity index is 1.54. The predicted octanol–water partition coefficient (Wildman–Crippen LogP) is 2.45. The Morgan fingerprint density at radius 2 is 1.93 bits per heavy atom. The molecule has 0 saturated carbocycles. The summed E-state index contributed by atoms with van der Waals surface area (Å²) in [6.07, 6.45) is 1.38. The summed E-state index contributed by atoms with van der Waals surface area (Å²) in [7, 11) is 1.61. The van der Waals surface area contributed by atoms with E-state index in [1.165, 1.54) is 28.3 Å². The molecule has 0 spiro atoms. The molecular weight excluding hydrogens is 378 g/mol. The number of anilines is 1. The zero-order valence-electron chi connectivity index (χ0n) is 18.0. The Hall–Kier alpha value is -2.93. The fourth-order valence-electron chi connectivity index (χ4n) is 4.24. The molecule has 0 atom stereocenters. The number of hydrogen-bond acceptors (Lipinski definition) is 6. The van der Waals surface area contributed by atoms with Crippen LogP contribution in [0.3, 0.4) is 0 Å². The van der Waals surface area contributed by atoms with Gasteiger partial charge < -0.3 is 14.5 Å². The first-order valence-corrected chi connectivity index (χ1v) is 10.4. The molecule has 30 heavy (non-hydrogen) atoms. The quantitative estimate of drug-likeness (QED) is 0.710. The van der Waals surface area contributed by atoms with Crippen molar-refractivity contribution in [2.75, 3.05) is 38.2 Å². The molecule has 1 amide bonds. The molecule has 7 nitrogen and oxygen atoms in total. The summed E-state index contributed by atoms with van der Waals surface area (Å²) in [6, 6.07) is 6.89. The van der Waals surface area contributed by atoms with Crippen molar-refractivity contribution >= 4 is 11.7 Å². The zero-order chi connectivity index (χ0) is 21.3. The van der Waals surface area contributed by atoms with E-state index >= 15 is 0 Å². The second-order valence-corrected chi connectivity index (χ2v) is 7.98. The number of carbonyl (C=O) groups excluding carboxylic acids is 1. The van der Waals surface area contributed by atoms with E-state index in [-0.39, 0.29) is 5.91 Å². The van der Waals surface area contributed by atoms with E-state index in [9.17, 15) is 4.79 Å². The van der Waals surface area contributed by atoms with E-state index in [1.54, 1.807) is 7.11 Å². The molecule has 1 saturated heterocycles. The van der Waals surface area contributed by atoms with Crippen LogP contribution in [0.25, 0.3) is 0 Å². The van der Waals surface area contributed by atoms with Gasteiger partial charge in [0.15, 0.2) is 0 Å². The number of ether oxygens (including phenoxy) is 1. The second-order valence-electron chi connectivity index (χ2n) is 7.98. The summed E-state index contributed by atoms with van der Waals surface area (Å²) >= 11 is 0. The fourth-order valence-corrected chi connectivity index (χ4v) is 4.24. The highest BCUT2D eigenvalue weighted by Crippen LogP contribution is 2.32. The van der Waals surface area contributed by atoms with Crippen molar-refractivity contribution in [2.45, 2.75) is 33.5 Å². The normalized spacial score (nSPS) is 16.5. The van der Waals surface area contributed by atoms with Gasteiger partial charge in [-0.3, -0.25) is 9.69 Å². The third-order valence-electron chi connectivity index (χ3n) is 6.16. The molecule has 2 aliphatic rings. The van der Waals surface area contributed by atoms with Crippen LogP contribution >= 0.6 is 0 Å². The maximum Gasteiger partial charge on any atom is 0.318 e. The average molecular weight is 408 g/mol. The highest BCUT2D eigenvalue weighted by Gasteiger charge is 2.30. The number of benzene rings is 1. The van der Waals surface area contributed by atoms with Crippen LogP contribution in [-0.2, 0) is 24.4 Å². The van der Waals surface area contributed by atoms with E-state index in [2.05, 4.69) is 53.4 Å². The van der Waals surface area contributed by atoms with Gasteiger partial charge in [0.05, 0.1) is 12.8 Å². The van der Waals surface area contributed by atoms with E-state index < -0.39 is 0 Å². The van der Waals surface area contributed by atoms with Crippen LogP contribution < -0.4 is 9.64 Å². The molecule has 1 aromatic carbocycles. The van der Waals surface area contributed by atoms with Crippen molar-refractivity contribution in [3.8, 4) is 6.01 Å². The minimum atomic E-state index is -0.0140.